The fourth-order valence-corrected chi connectivity index (χ4v) is 3.82. The first-order valence-corrected chi connectivity index (χ1v) is 11.9. The first kappa shape index (κ1) is 26.2. The van der Waals surface area contributed by atoms with Gasteiger partial charge in [-0.3, -0.25) is 9.69 Å². The first-order chi connectivity index (χ1) is 17.9. The van der Waals surface area contributed by atoms with Crippen molar-refractivity contribution in [2.45, 2.75) is 45.6 Å². The number of hydrogen-bond acceptors (Lipinski definition) is 6. The van der Waals surface area contributed by atoms with Gasteiger partial charge in [-0.1, -0.05) is 18.2 Å². The van der Waals surface area contributed by atoms with Crippen molar-refractivity contribution in [2.24, 2.45) is 0 Å². The highest BCUT2D eigenvalue weighted by atomic mass is 16.5. The lowest BCUT2D eigenvalue weighted by Crippen LogP contribution is -2.45. The van der Waals surface area contributed by atoms with Gasteiger partial charge in [-0.15, -0.1) is 5.10 Å². The monoisotopic (exact) mass is 512 g/mol. The number of rotatable bonds is 6. The summed E-state index contributed by atoms with van der Waals surface area (Å²) >= 11 is 0. The van der Waals surface area contributed by atoms with Gasteiger partial charge in [0, 0.05) is 28.9 Å². The minimum Gasteiger partial charge on any atom is -0.465 e. The zero-order chi connectivity index (χ0) is 27.7. The molecule has 0 aliphatic heterocycles. The Hall–Kier alpha value is -4.91. The van der Waals surface area contributed by atoms with E-state index in [1.165, 1.54) is 15.6 Å². The van der Waals surface area contributed by atoms with E-state index in [1.54, 1.807) is 89.2 Å². The van der Waals surface area contributed by atoms with Gasteiger partial charge in [0.1, 0.15) is 5.75 Å². The number of anilines is 2. The van der Waals surface area contributed by atoms with Crippen LogP contribution in [0.5, 0.6) is 11.6 Å². The van der Waals surface area contributed by atoms with Crippen molar-refractivity contribution in [3.63, 3.8) is 0 Å². The SMILES string of the molecule is CC(C)(C#N)c1cccc(C(=O)Nc2cccc(Oc3ccc4nc(N(C(=O)O)C(C)(C)C)cn4n3)c2)c1. The summed E-state index contributed by atoms with van der Waals surface area (Å²) in [6.45, 7) is 8.94. The molecular weight excluding hydrogens is 484 g/mol. The summed E-state index contributed by atoms with van der Waals surface area (Å²) < 4.78 is 7.35. The topological polar surface area (TPSA) is 133 Å². The van der Waals surface area contributed by atoms with E-state index in [-0.39, 0.29) is 17.6 Å². The van der Waals surface area contributed by atoms with Crippen LogP contribution in [0.25, 0.3) is 5.65 Å². The molecule has 0 saturated carbocycles. The number of imidazole rings is 1. The molecule has 0 atom stereocenters. The van der Waals surface area contributed by atoms with Crippen LogP contribution in [-0.4, -0.2) is 37.2 Å². The van der Waals surface area contributed by atoms with Gasteiger partial charge in [-0.05, 0) is 70.5 Å². The molecule has 194 valence electrons. The van der Waals surface area contributed by atoms with Crippen molar-refractivity contribution >= 4 is 29.2 Å². The van der Waals surface area contributed by atoms with Crippen LogP contribution in [0, 0.1) is 11.3 Å². The third-order valence-electron chi connectivity index (χ3n) is 5.81. The van der Waals surface area contributed by atoms with Crippen LogP contribution in [0.1, 0.15) is 50.5 Å². The Balaban J connectivity index is 1.52. The third kappa shape index (κ3) is 5.57. The number of aromatic nitrogens is 3. The molecule has 0 bridgehead atoms. The predicted octanol–water partition coefficient (Wildman–Crippen LogP) is 5.86. The predicted molar refractivity (Wildman–Crippen MR) is 143 cm³/mol. The molecule has 0 aliphatic carbocycles. The molecule has 0 fully saturated rings. The number of ether oxygens (including phenoxy) is 1. The van der Waals surface area contributed by atoms with Gasteiger partial charge < -0.3 is 15.2 Å². The minimum atomic E-state index is -1.11. The Labute approximate surface area is 220 Å². The van der Waals surface area contributed by atoms with E-state index in [2.05, 4.69) is 21.5 Å². The van der Waals surface area contributed by atoms with Gasteiger partial charge >= 0.3 is 6.09 Å². The lowest BCUT2D eigenvalue weighted by molar-refractivity contribution is 0.102. The zero-order valence-corrected chi connectivity index (χ0v) is 21.8. The van der Waals surface area contributed by atoms with Gasteiger partial charge in [-0.25, -0.2) is 14.3 Å². The van der Waals surface area contributed by atoms with Crippen molar-refractivity contribution in [2.75, 3.05) is 10.2 Å². The molecular formula is C28H28N6O4. The molecule has 2 aromatic carbocycles. The number of carbonyl (C=O) groups is 2. The summed E-state index contributed by atoms with van der Waals surface area (Å²) in [5, 5.41) is 26.3. The maximum atomic E-state index is 12.9. The smallest absolute Gasteiger partial charge is 0.413 e. The Bertz CT molecular complexity index is 1560. The summed E-state index contributed by atoms with van der Waals surface area (Å²) in [7, 11) is 0. The molecule has 2 N–H and O–H groups in total. The first-order valence-electron chi connectivity index (χ1n) is 11.9. The standard InChI is InChI=1S/C28H28N6O4/c1-27(2,3)34(26(36)37)23-16-33-22(31-23)12-13-24(32-33)38-21-11-7-10-20(15-21)30-25(35)18-8-6-9-19(14-18)28(4,5)17-29/h6-16H,1-5H3,(H,30,35)(H,36,37). The maximum absolute atomic E-state index is 12.9. The molecule has 0 aliphatic rings. The van der Waals surface area contributed by atoms with Crippen LogP contribution >= 0.6 is 0 Å². The van der Waals surface area contributed by atoms with Gasteiger partial charge in [0.05, 0.1) is 17.7 Å². The van der Waals surface area contributed by atoms with Crippen molar-refractivity contribution in [3.05, 3.63) is 78.0 Å². The van der Waals surface area contributed by atoms with E-state index < -0.39 is 17.0 Å². The van der Waals surface area contributed by atoms with E-state index in [1.807, 2.05) is 6.07 Å². The van der Waals surface area contributed by atoms with E-state index in [0.29, 0.717) is 22.6 Å². The maximum Gasteiger partial charge on any atom is 0.413 e. The molecule has 4 aromatic rings. The molecule has 0 saturated heterocycles. The van der Waals surface area contributed by atoms with Crippen LogP contribution in [0.3, 0.4) is 0 Å². The van der Waals surface area contributed by atoms with E-state index in [4.69, 9.17) is 4.74 Å². The number of benzene rings is 2. The van der Waals surface area contributed by atoms with Gasteiger partial charge in [-0.2, -0.15) is 5.26 Å². The number of nitrogens with one attached hydrogen (secondary N) is 1. The third-order valence-corrected chi connectivity index (χ3v) is 5.81. The van der Waals surface area contributed by atoms with Crippen LogP contribution in [0.2, 0.25) is 0 Å². The van der Waals surface area contributed by atoms with Crippen molar-refractivity contribution in [3.8, 4) is 17.7 Å². The Kier molecular flexibility index (Phi) is 6.79. The molecule has 10 nitrogen and oxygen atoms in total. The average molecular weight is 513 g/mol. The van der Waals surface area contributed by atoms with Crippen LogP contribution in [0.4, 0.5) is 16.3 Å². The highest BCUT2D eigenvalue weighted by Crippen LogP contribution is 2.27. The van der Waals surface area contributed by atoms with E-state index >= 15 is 0 Å². The largest absolute Gasteiger partial charge is 0.465 e. The van der Waals surface area contributed by atoms with Gasteiger partial charge in [0.2, 0.25) is 5.88 Å². The number of nitriles is 1. The quantitative estimate of drug-likeness (QED) is 0.331. The Morgan fingerprint density at radius 1 is 1.05 bits per heavy atom. The minimum absolute atomic E-state index is 0.251. The second kappa shape index (κ2) is 9.86. The number of nitrogens with zero attached hydrogens (tertiary/aromatic N) is 5. The lowest BCUT2D eigenvalue weighted by Gasteiger charge is -2.30. The second-order valence-electron chi connectivity index (χ2n) is 10.3. The van der Waals surface area contributed by atoms with Crippen molar-refractivity contribution < 1.29 is 19.4 Å². The summed E-state index contributed by atoms with van der Waals surface area (Å²) in [5.74, 6) is 0.636. The normalized spacial score (nSPS) is 11.6. The fourth-order valence-electron chi connectivity index (χ4n) is 3.82. The number of carbonyl (C=O) groups excluding carboxylic acids is 1. The van der Waals surface area contributed by atoms with Crippen LogP contribution in [0.15, 0.2) is 66.9 Å². The number of fused-ring (bicyclic) bond motifs is 1. The molecule has 0 radical (unpaired) electrons. The second-order valence-corrected chi connectivity index (χ2v) is 10.3. The molecule has 0 spiro atoms. The summed E-state index contributed by atoms with van der Waals surface area (Å²) in [5.41, 5.74) is 0.763. The van der Waals surface area contributed by atoms with Crippen molar-refractivity contribution in [1.29, 1.82) is 5.26 Å². The molecule has 2 aromatic heterocycles. The molecule has 10 heteroatoms. The highest BCUT2D eigenvalue weighted by molar-refractivity contribution is 6.04. The number of hydrogen-bond donors (Lipinski definition) is 2. The zero-order valence-electron chi connectivity index (χ0n) is 21.8. The Morgan fingerprint density at radius 3 is 2.47 bits per heavy atom. The van der Waals surface area contributed by atoms with Crippen molar-refractivity contribution in [1.82, 2.24) is 14.6 Å². The summed E-state index contributed by atoms with van der Waals surface area (Å²) in [6, 6.07) is 19.4. The van der Waals surface area contributed by atoms with Gasteiger partial charge in [0.25, 0.3) is 5.91 Å². The highest BCUT2D eigenvalue weighted by Gasteiger charge is 2.30. The van der Waals surface area contributed by atoms with Crippen LogP contribution in [-0.2, 0) is 5.41 Å². The molecule has 38 heavy (non-hydrogen) atoms. The average Bonchev–Trinajstić information content (AvgIpc) is 3.25. The molecule has 2 amide bonds. The summed E-state index contributed by atoms with van der Waals surface area (Å²) in [6.07, 6.45) is 0.414. The van der Waals surface area contributed by atoms with E-state index in [9.17, 15) is 20.0 Å². The van der Waals surface area contributed by atoms with E-state index in [0.717, 1.165) is 5.56 Å². The Morgan fingerprint density at radius 2 is 1.79 bits per heavy atom. The number of amides is 2. The van der Waals surface area contributed by atoms with Gasteiger partial charge in [0.15, 0.2) is 11.5 Å². The molecule has 0 unspecified atom stereocenters. The molecule has 4 rings (SSSR count). The summed E-state index contributed by atoms with van der Waals surface area (Å²) in [4.78, 5) is 30.2. The molecule has 2 heterocycles. The fraction of sp³-hybridized carbons (Fsp3) is 0.250. The number of carboxylic acid groups (broad SMARTS) is 1. The lowest BCUT2D eigenvalue weighted by atomic mass is 9.85. The van der Waals surface area contributed by atoms with Crippen LogP contribution < -0.4 is 15.0 Å².